The van der Waals surface area contributed by atoms with Crippen LogP contribution in [0.3, 0.4) is 0 Å². The van der Waals surface area contributed by atoms with Gasteiger partial charge in [0.05, 0.1) is 10.5 Å². The number of nitrogens with two attached hydrogens (primary N) is 1. The van der Waals surface area contributed by atoms with Crippen molar-refractivity contribution in [1.29, 1.82) is 0 Å². The molecule has 1 amide bonds. The predicted octanol–water partition coefficient (Wildman–Crippen LogP) is 1.15. The van der Waals surface area contributed by atoms with E-state index in [0.29, 0.717) is 19.6 Å². The van der Waals surface area contributed by atoms with E-state index in [4.69, 9.17) is 5.73 Å². The van der Waals surface area contributed by atoms with Crippen LogP contribution >= 0.6 is 0 Å². The van der Waals surface area contributed by atoms with Crippen molar-refractivity contribution in [2.24, 2.45) is 11.7 Å². The minimum atomic E-state index is -0.744. The molecule has 1 aromatic rings. The second kappa shape index (κ2) is 5.31. The lowest BCUT2D eigenvalue weighted by Crippen LogP contribution is -2.30. The Labute approximate surface area is 109 Å². The molecule has 6 nitrogen and oxygen atoms in total. The minimum Gasteiger partial charge on any atom is -0.338 e. The van der Waals surface area contributed by atoms with Gasteiger partial charge in [0.25, 0.3) is 11.6 Å². The van der Waals surface area contributed by atoms with Crippen LogP contribution in [0.2, 0.25) is 0 Å². The summed E-state index contributed by atoms with van der Waals surface area (Å²) in [6.07, 6.45) is 0.777. The number of carbonyl (C=O) groups excluding carboxylic acids is 1. The van der Waals surface area contributed by atoms with Gasteiger partial charge in [-0.15, -0.1) is 0 Å². The summed E-state index contributed by atoms with van der Waals surface area (Å²) >= 11 is 0. The molecule has 0 saturated carbocycles. The van der Waals surface area contributed by atoms with Gasteiger partial charge in [-0.3, -0.25) is 14.9 Å². The molecule has 19 heavy (non-hydrogen) atoms. The number of rotatable bonds is 3. The topological polar surface area (TPSA) is 89.5 Å². The van der Waals surface area contributed by atoms with Crippen LogP contribution < -0.4 is 5.73 Å². The number of nitrogens with zero attached hydrogens (tertiary/aromatic N) is 2. The Morgan fingerprint density at radius 2 is 2.32 bits per heavy atom. The molecule has 0 spiro atoms. The SMILES string of the molecule is NCC1CCN(C(=O)c2cc([N+](=O)[O-])ccc2F)C1. The van der Waals surface area contributed by atoms with Crippen molar-refractivity contribution in [2.45, 2.75) is 6.42 Å². The summed E-state index contributed by atoms with van der Waals surface area (Å²) in [6.45, 7) is 1.45. The number of hydrogen-bond acceptors (Lipinski definition) is 4. The highest BCUT2D eigenvalue weighted by Gasteiger charge is 2.28. The van der Waals surface area contributed by atoms with Gasteiger partial charge in [-0.05, 0) is 24.9 Å². The monoisotopic (exact) mass is 267 g/mol. The maximum atomic E-state index is 13.6. The van der Waals surface area contributed by atoms with Gasteiger partial charge in [0.2, 0.25) is 0 Å². The van der Waals surface area contributed by atoms with Crippen molar-refractivity contribution < 1.29 is 14.1 Å². The molecule has 102 valence electrons. The molecule has 0 radical (unpaired) electrons. The average Bonchev–Trinajstić information content (AvgIpc) is 2.87. The smallest absolute Gasteiger partial charge is 0.270 e. The second-order valence-electron chi connectivity index (χ2n) is 4.56. The van der Waals surface area contributed by atoms with Gasteiger partial charge >= 0.3 is 0 Å². The number of amides is 1. The quantitative estimate of drug-likeness (QED) is 0.657. The zero-order valence-electron chi connectivity index (χ0n) is 10.2. The molecular formula is C12H14FN3O3. The summed E-state index contributed by atoms with van der Waals surface area (Å²) < 4.78 is 13.6. The van der Waals surface area contributed by atoms with Gasteiger partial charge in [-0.25, -0.2) is 4.39 Å². The first-order chi connectivity index (χ1) is 9.02. The van der Waals surface area contributed by atoms with Crippen LogP contribution in [0.4, 0.5) is 10.1 Å². The van der Waals surface area contributed by atoms with Gasteiger partial charge in [0.15, 0.2) is 0 Å². The van der Waals surface area contributed by atoms with Crippen LogP contribution in [-0.2, 0) is 0 Å². The standard InChI is InChI=1S/C12H14FN3O3/c13-11-2-1-9(16(18)19)5-10(11)12(17)15-4-3-8(6-14)7-15/h1-2,5,8H,3-4,6-7,14H2. The number of carbonyl (C=O) groups is 1. The van der Waals surface area contributed by atoms with Crippen molar-refractivity contribution in [3.05, 3.63) is 39.7 Å². The average molecular weight is 267 g/mol. The Bertz CT molecular complexity index is 521. The van der Waals surface area contributed by atoms with Gasteiger partial charge in [-0.2, -0.15) is 0 Å². The molecule has 7 heteroatoms. The lowest BCUT2D eigenvalue weighted by atomic mass is 10.1. The van der Waals surface area contributed by atoms with Gasteiger partial charge < -0.3 is 10.6 Å². The number of benzene rings is 1. The fourth-order valence-corrected chi connectivity index (χ4v) is 2.17. The maximum absolute atomic E-state index is 13.6. The summed E-state index contributed by atoms with van der Waals surface area (Å²) in [7, 11) is 0. The van der Waals surface area contributed by atoms with Crippen molar-refractivity contribution in [3.8, 4) is 0 Å². The van der Waals surface area contributed by atoms with Crippen molar-refractivity contribution in [2.75, 3.05) is 19.6 Å². The molecule has 1 aliphatic heterocycles. The zero-order valence-corrected chi connectivity index (χ0v) is 10.2. The largest absolute Gasteiger partial charge is 0.338 e. The van der Waals surface area contributed by atoms with Crippen molar-refractivity contribution in [1.82, 2.24) is 4.90 Å². The van der Waals surface area contributed by atoms with E-state index >= 15 is 0 Å². The van der Waals surface area contributed by atoms with Gasteiger partial charge in [0, 0.05) is 25.2 Å². The summed E-state index contributed by atoms with van der Waals surface area (Å²) in [5, 5.41) is 10.6. The third kappa shape index (κ3) is 2.70. The van der Waals surface area contributed by atoms with E-state index in [9.17, 15) is 19.3 Å². The molecule has 0 aliphatic carbocycles. The Balaban J connectivity index is 2.24. The molecule has 2 N–H and O–H groups in total. The fourth-order valence-electron chi connectivity index (χ4n) is 2.17. The lowest BCUT2D eigenvalue weighted by molar-refractivity contribution is -0.384. The minimum absolute atomic E-state index is 0.214. The normalized spacial score (nSPS) is 18.6. The Morgan fingerprint density at radius 1 is 1.58 bits per heavy atom. The van der Waals surface area contributed by atoms with Gasteiger partial charge in [-0.1, -0.05) is 0 Å². The highest BCUT2D eigenvalue weighted by Crippen LogP contribution is 2.22. The number of hydrogen-bond donors (Lipinski definition) is 1. The molecule has 1 unspecified atom stereocenters. The van der Waals surface area contributed by atoms with E-state index in [-0.39, 0.29) is 17.2 Å². The molecule has 1 saturated heterocycles. The third-order valence-electron chi connectivity index (χ3n) is 3.30. The maximum Gasteiger partial charge on any atom is 0.270 e. The molecule has 0 aromatic heterocycles. The summed E-state index contributed by atoms with van der Waals surface area (Å²) in [5.74, 6) is -1.05. The van der Waals surface area contributed by atoms with Crippen LogP contribution in [0, 0.1) is 21.8 Å². The Hall–Kier alpha value is -2.02. The van der Waals surface area contributed by atoms with Crippen LogP contribution in [0.15, 0.2) is 18.2 Å². The van der Waals surface area contributed by atoms with Crippen molar-refractivity contribution >= 4 is 11.6 Å². The Morgan fingerprint density at radius 3 is 2.89 bits per heavy atom. The van der Waals surface area contributed by atoms with E-state index in [1.165, 1.54) is 4.90 Å². The lowest BCUT2D eigenvalue weighted by Gasteiger charge is -2.16. The molecule has 1 heterocycles. The van der Waals surface area contributed by atoms with Crippen LogP contribution in [0.25, 0.3) is 0 Å². The van der Waals surface area contributed by atoms with Crippen LogP contribution in [0.5, 0.6) is 0 Å². The first kappa shape index (κ1) is 13.4. The highest BCUT2D eigenvalue weighted by molar-refractivity contribution is 5.95. The summed E-state index contributed by atoms with van der Waals surface area (Å²) in [5.41, 5.74) is 4.98. The van der Waals surface area contributed by atoms with E-state index in [0.717, 1.165) is 24.6 Å². The first-order valence-electron chi connectivity index (χ1n) is 5.96. The van der Waals surface area contributed by atoms with E-state index in [2.05, 4.69) is 0 Å². The predicted molar refractivity (Wildman–Crippen MR) is 66.1 cm³/mol. The fraction of sp³-hybridized carbons (Fsp3) is 0.417. The molecule has 0 bridgehead atoms. The molecule has 1 atom stereocenters. The van der Waals surface area contributed by atoms with E-state index in [1.54, 1.807) is 0 Å². The number of halogens is 1. The summed E-state index contributed by atoms with van der Waals surface area (Å²) in [4.78, 5) is 23.6. The molecule has 1 aromatic carbocycles. The van der Waals surface area contributed by atoms with E-state index < -0.39 is 16.6 Å². The van der Waals surface area contributed by atoms with E-state index in [1.807, 2.05) is 0 Å². The van der Waals surface area contributed by atoms with Crippen LogP contribution in [-0.4, -0.2) is 35.4 Å². The number of likely N-dealkylation sites (tertiary alicyclic amines) is 1. The number of non-ortho nitro benzene ring substituents is 1. The summed E-state index contributed by atoms with van der Waals surface area (Å²) in [6, 6.07) is 2.97. The molecule has 1 fully saturated rings. The second-order valence-corrected chi connectivity index (χ2v) is 4.56. The first-order valence-corrected chi connectivity index (χ1v) is 5.96. The molecule has 2 rings (SSSR count). The third-order valence-corrected chi connectivity index (χ3v) is 3.30. The van der Waals surface area contributed by atoms with Gasteiger partial charge in [0.1, 0.15) is 5.82 Å². The number of nitro groups is 1. The zero-order chi connectivity index (χ0) is 14.0. The molecule has 1 aliphatic rings. The molecular weight excluding hydrogens is 253 g/mol. The number of nitro benzene ring substituents is 1. The van der Waals surface area contributed by atoms with Crippen LogP contribution in [0.1, 0.15) is 16.8 Å². The Kier molecular flexibility index (Phi) is 3.75. The highest BCUT2D eigenvalue weighted by atomic mass is 19.1. The van der Waals surface area contributed by atoms with Crippen molar-refractivity contribution in [3.63, 3.8) is 0 Å².